The molecule has 54 heavy (non-hydrogen) atoms. The molecule has 0 fully saturated rings. The summed E-state index contributed by atoms with van der Waals surface area (Å²) in [5.41, 5.74) is 4.92. The minimum absolute atomic E-state index is 0.155. The van der Waals surface area contributed by atoms with Gasteiger partial charge in [-0.1, -0.05) is 138 Å². The number of hydrogen-bond acceptors (Lipinski definition) is 7. The maximum atomic E-state index is 12.4. The van der Waals surface area contributed by atoms with Crippen LogP contribution in [-0.4, -0.2) is 46.3 Å². The van der Waals surface area contributed by atoms with Gasteiger partial charge < -0.3 is 25.1 Å². The summed E-state index contributed by atoms with van der Waals surface area (Å²) >= 11 is 0. The van der Waals surface area contributed by atoms with Gasteiger partial charge in [0.25, 0.3) is 5.91 Å². The smallest absolute Gasteiger partial charge is 0.328 e. The number of esters is 1. The number of carbonyl (C=O) groups excluding carboxylic acids is 4. The lowest BCUT2D eigenvalue weighted by Crippen LogP contribution is -2.44. The Morgan fingerprint density at radius 1 is 0.741 bits per heavy atom. The molecule has 1 aliphatic rings. The highest BCUT2D eigenvalue weighted by atomic mass is 16.5. The van der Waals surface area contributed by atoms with Crippen molar-refractivity contribution in [3.8, 4) is 0 Å². The molecule has 8 heteroatoms. The number of aliphatic hydroxyl groups excluding tert-OH is 2. The second-order valence-corrected chi connectivity index (χ2v) is 10.6. The van der Waals surface area contributed by atoms with Gasteiger partial charge in [0.05, 0.1) is 6.61 Å². The number of aliphatic hydroxyl groups is 2. The molecule has 1 aliphatic carbocycles. The fourth-order valence-corrected chi connectivity index (χ4v) is 3.86. The third-order valence-electron chi connectivity index (χ3n) is 6.02. The summed E-state index contributed by atoms with van der Waals surface area (Å²) in [6, 6.07) is 12.7. The molecule has 2 aromatic rings. The van der Waals surface area contributed by atoms with Gasteiger partial charge in [0.2, 0.25) is 0 Å². The average molecular weight is 760 g/mol. The fourth-order valence-electron chi connectivity index (χ4n) is 3.86. The normalized spacial score (nSPS) is 10.7. The number of ketones is 2. The Morgan fingerprint density at radius 2 is 1.19 bits per heavy atom. The van der Waals surface area contributed by atoms with E-state index in [9.17, 15) is 29.4 Å². The quantitative estimate of drug-likeness (QED) is 0.180. The number of rotatable bonds is 8. The van der Waals surface area contributed by atoms with Gasteiger partial charge in [-0.2, -0.15) is 0 Å². The lowest BCUT2D eigenvalue weighted by atomic mass is 10.0. The van der Waals surface area contributed by atoms with Crippen LogP contribution in [0.2, 0.25) is 0 Å². The number of aryl methyl sites for hydroxylation is 3. The second kappa shape index (κ2) is 43.2. The van der Waals surface area contributed by atoms with Gasteiger partial charge in [-0.05, 0) is 83.2 Å². The first-order valence-electron chi connectivity index (χ1n) is 20.1. The summed E-state index contributed by atoms with van der Waals surface area (Å²) < 4.78 is 5.03. The number of Topliss-reactive ketones (excluding diaryl/α,β-unsaturated/α-hetero) is 2. The van der Waals surface area contributed by atoms with Crippen molar-refractivity contribution >= 4 is 23.4 Å². The highest BCUT2D eigenvalue weighted by molar-refractivity contribution is 6.00. The predicted molar refractivity (Wildman–Crippen MR) is 233 cm³/mol. The van der Waals surface area contributed by atoms with Crippen molar-refractivity contribution < 1.29 is 34.1 Å². The van der Waals surface area contributed by atoms with Crippen LogP contribution in [0.1, 0.15) is 170 Å². The number of benzene rings is 2. The molecule has 0 spiro atoms. The molecule has 0 aliphatic heterocycles. The molecule has 1 atom stereocenters. The summed E-state index contributed by atoms with van der Waals surface area (Å²) in [5, 5.41) is 22.3. The Bertz CT molecular complexity index is 1290. The third-order valence-corrected chi connectivity index (χ3v) is 6.02. The third kappa shape index (κ3) is 31.3. The summed E-state index contributed by atoms with van der Waals surface area (Å²) in [6.07, 6.45) is 4.69. The van der Waals surface area contributed by atoms with Gasteiger partial charge in [0.15, 0.2) is 5.78 Å². The predicted octanol–water partition coefficient (Wildman–Crippen LogP) is 12.5. The van der Waals surface area contributed by atoms with Crippen molar-refractivity contribution in [2.45, 2.75) is 170 Å². The van der Waals surface area contributed by atoms with E-state index in [1.807, 2.05) is 119 Å². The van der Waals surface area contributed by atoms with E-state index in [2.05, 4.69) is 32.2 Å². The van der Waals surface area contributed by atoms with E-state index in [1.165, 1.54) is 31.9 Å². The molecule has 0 radical (unpaired) electrons. The Kier molecular flexibility index (Phi) is 49.5. The van der Waals surface area contributed by atoms with Gasteiger partial charge in [0, 0.05) is 18.4 Å². The second-order valence-electron chi connectivity index (χ2n) is 10.6. The number of ether oxygens (including phenoxy) is 1. The first-order chi connectivity index (χ1) is 25.7. The van der Waals surface area contributed by atoms with Crippen molar-refractivity contribution in [3.63, 3.8) is 0 Å². The largest absolute Gasteiger partial charge is 0.511 e. The highest BCUT2D eigenvalue weighted by Crippen LogP contribution is 2.22. The molecular weight excluding hydrogens is 679 g/mol. The van der Waals surface area contributed by atoms with Crippen LogP contribution in [0.15, 0.2) is 65.6 Å². The number of hydrogen-bond donors (Lipinski definition) is 3. The van der Waals surface area contributed by atoms with E-state index in [0.717, 1.165) is 28.7 Å². The molecule has 1 amide bonds. The minimum Gasteiger partial charge on any atom is -0.511 e. The molecule has 2 aromatic carbocycles. The summed E-state index contributed by atoms with van der Waals surface area (Å²) in [7, 11) is 0. The van der Waals surface area contributed by atoms with Gasteiger partial charge in [-0.3, -0.25) is 9.59 Å². The van der Waals surface area contributed by atoms with Crippen LogP contribution < -0.4 is 5.32 Å². The monoisotopic (exact) mass is 760 g/mol. The summed E-state index contributed by atoms with van der Waals surface area (Å²) in [6.45, 7) is 36.8. The average Bonchev–Trinajstić information content (AvgIpc) is 3.17. The van der Waals surface area contributed by atoms with E-state index < -0.39 is 17.9 Å². The minimum atomic E-state index is -0.912. The number of nitrogens with one attached hydrogen (secondary N) is 1. The Morgan fingerprint density at radius 3 is 1.57 bits per heavy atom. The van der Waals surface area contributed by atoms with Crippen molar-refractivity contribution in [2.75, 3.05) is 6.61 Å². The van der Waals surface area contributed by atoms with Crippen LogP contribution in [0.4, 0.5) is 0 Å². The number of allylic oxidation sites excluding steroid dienone is 2. The molecule has 0 bridgehead atoms. The zero-order valence-electron chi connectivity index (χ0n) is 37.9. The van der Waals surface area contributed by atoms with Crippen LogP contribution in [-0.2, 0) is 32.0 Å². The Labute approximate surface area is 331 Å². The van der Waals surface area contributed by atoms with Crippen LogP contribution >= 0.6 is 0 Å². The van der Waals surface area contributed by atoms with Crippen molar-refractivity contribution in [1.29, 1.82) is 0 Å². The topological polar surface area (TPSA) is 130 Å². The zero-order chi connectivity index (χ0) is 43.8. The molecule has 8 nitrogen and oxygen atoms in total. The van der Waals surface area contributed by atoms with E-state index in [1.54, 1.807) is 13.8 Å². The van der Waals surface area contributed by atoms with Gasteiger partial charge >= 0.3 is 5.97 Å². The van der Waals surface area contributed by atoms with Crippen molar-refractivity contribution in [2.24, 2.45) is 0 Å². The highest BCUT2D eigenvalue weighted by Gasteiger charge is 2.28. The first-order valence-corrected chi connectivity index (χ1v) is 20.1. The van der Waals surface area contributed by atoms with Crippen LogP contribution in [0.5, 0.6) is 0 Å². The van der Waals surface area contributed by atoms with Crippen molar-refractivity contribution in [1.82, 2.24) is 5.32 Å². The molecule has 3 rings (SSSR count). The van der Waals surface area contributed by atoms with Gasteiger partial charge in [0.1, 0.15) is 28.9 Å². The van der Waals surface area contributed by atoms with Crippen LogP contribution in [0.25, 0.3) is 0 Å². The molecule has 0 heterocycles. The van der Waals surface area contributed by atoms with E-state index in [4.69, 9.17) is 4.74 Å². The maximum Gasteiger partial charge on any atom is 0.328 e. The number of carbonyl (C=O) groups is 4. The molecule has 312 valence electrons. The molecule has 0 saturated carbocycles. The van der Waals surface area contributed by atoms with Crippen LogP contribution in [0, 0.1) is 13.8 Å². The lowest BCUT2D eigenvalue weighted by molar-refractivity contribution is -0.147. The molecular formula is C46H81NO7. The van der Waals surface area contributed by atoms with E-state index in [-0.39, 0.29) is 48.1 Å². The molecule has 0 aromatic heterocycles. The lowest BCUT2D eigenvalue weighted by Gasteiger charge is -2.20. The van der Waals surface area contributed by atoms with Gasteiger partial charge in [-0.15, -0.1) is 0 Å². The van der Waals surface area contributed by atoms with E-state index in [0.29, 0.717) is 6.42 Å². The summed E-state index contributed by atoms with van der Waals surface area (Å²) in [5.74, 6) is -1.40. The maximum absolute atomic E-state index is 12.4. The van der Waals surface area contributed by atoms with Gasteiger partial charge in [-0.25, -0.2) is 4.79 Å². The zero-order valence-corrected chi connectivity index (χ0v) is 37.9. The SMILES string of the molecule is CC.CC.CC.CC.CC.CC(C)=O.CCC.CCOC(=O)C(Cc1ccc(C)cc1)NC(=O)C1=C(O)CCC=C1O.CCc1ccc(C)c(C(C)=O)c1. The summed E-state index contributed by atoms with van der Waals surface area (Å²) in [4.78, 5) is 45.2. The first kappa shape index (κ1) is 61.8. The van der Waals surface area contributed by atoms with Crippen LogP contribution in [0.3, 0.4) is 0 Å². The van der Waals surface area contributed by atoms with E-state index >= 15 is 0 Å². The molecule has 1 unspecified atom stereocenters. The number of amides is 1. The Hall–Kier alpha value is -4.20. The fraction of sp³-hybridized carbons (Fsp3) is 0.565. The van der Waals surface area contributed by atoms with Crippen molar-refractivity contribution in [3.05, 3.63) is 93.4 Å². The standard InChI is InChI=1S/C19H23NO5.C11H14O.C3H6O.C3H8.5C2H6/c1-3-25-19(24)14(11-13-9-7-12(2)8-10-13)20-18(23)17-15(21)5-4-6-16(17)22;1-4-10-6-5-8(2)11(7-10)9(3)12;1-3(2)4;1-3-2;5*1-2/h5,7-10,14,21-22H,3-4,6,11H2,1-2H3,(H,20,23);5-7H,4H2,1-3H3;1-2H3;3H2,1-2H3;5*1-2H3. The molecule has 3 N–H and O–H groups in total. The molecule has 0 saturated heterocycles. The Balaban J connectivity index is -0.000000165.